The Morgan fingerprint density at radius 1 is 0.971 bits per heavy atom. The summed E-state index contributed by atoms with van der Waals surface area (Å²) in [5, 5.41) is 9.99. The average Bonchev–Trinajstić information content (AvgIpc) is 3.25. The lowest BCUT2D eigenvalue weighted by Gasteiger charge is -2.12. The highest BCUT2D eigenvalue weighted by molar-refractivity contribution is 6.30. The minimum atomic E-state index is -0.624. The number of aromatic nitrogens is 4. The number of nitrogens with one attached hydrogen (secondary N) is 2. The van der Waals surface area contributed by atoms with Gasteiger partial charge in [-0.15, -0.1) is 0 Å². The maximum absolute atomic E-state index is 13.0. The second-order valence-corrected chi connectivity index (χ2v) is 8.51. The smallest absolute Gasteiger partial charge is 0.267 e. The van der Waals surface area contributed by atoms with Crippen molar-refractivity contribution in [3.8, 4) is 5.69 Å². The summed E-state index contributed by atoms with van der Waals surface area (Å²) in [6.07, 6.45) is 4.14. The number of rotatable bonds is 7. The predicted molar refractivity (Wildman–Crippen MR) is 134 cm³/mol. The number of amides is 2. The fourth-order valence-electron chi connectivity index (χ4n) is 3.78. The van der Waals surface area contributed by atoms with E-state index in [0.29, 0.717) is 33.6 Å². The van der Waals surface area contributed by atoms with E-state index in [4.69, 9.17) is 11.6 Å². The molecule has 2 aromatic carbocycles. The van der Waals surface area contributed by atoms with Gasteiger partial charge in [-0.3, -0.25) is 25.2 Å². The van der Waals surface area contributed by atoms with Crippen LogP contribution in [0.1, 0.15) is 52.7 Å². The molecule has 0 saturated heterocycles. The molecular weight excluding hydrogens is 468 g/mol. The zero-order valence-corrected chi connectivity index (χ0v) is 20.2. The summed E-state index contributed by atoms with van der Waals surface area (Å²) >= 11 is 5.94. The molecule has 9 nitrogen and oxygen atoms in total. The number of aryl methyl sites for hydroxylation is 1. The van der Waals surface area contributed by atoms with Crippen molar-refractivity contribution in [1.82, 2.24) is 30.4 Å². The molecule has 180 valence electrons. The standard InChI is InChI=1S/C25H25ClN6O3/c1-3-4-7-14-31-25(35)20-9-6-5-8-19(20)22(30-31)24(34)29-28-23(33)21-15-27-32(16(21)2)18-12-10-17(26)11-13-18/h5-6,8-13,15H,3-4,7,14H2,1-2H3,(H,28,33)(H,29,34). The van der Waals surface area contributed by atoms with E-state index in [2.05, 4.69) is 28.0 Å². The maximum Gasteiger partial charge on any atom is 0.290 e. The van der Waals surface area contributed by atoms with Crippen molar-refractivity contribution in [3.63, 3.8) is 0 Å². The summed E-state index contributed by atoms with van der Waals surface area (Å²) in [4.78, 5) is 38.6. The lowest BCUT2D eigenvalue weighted by molar-refractivity contribution is 0.0843. The molecule has 0 aliphatic heterocycles. The Bertz CT molecular complexity index is 1440. The van der Waals surface area contributed by atoms with E-state index in [1.807, 2.05) is 0 Å². The van der Waals surface area contributed by atoms with Gasteiger partial charge in [0.05, 0.1) is 28.5 Å². The van der Waals surface area contributed by atoms with Gasteiger partial charge in [-0.05, 0) is 43.7 Å². The first-order valence-corrected chi connectivity index (χ1v) is 11.7. The van der Waals surface area contributed by atoms with Crippen LogP contribution in [-0.2, 0) is 6.54 Å². The van der Waals surface area contributed by atoms with E-state index in [0.717, 1.165) is 24.9 Å². The number of hydrogen-bond acceptors (Lipinski definition) is 5. The van der Waals surface area contributed by atoms with Crippen LogP contribution in [0.3, 0.4) is 0 Å². The van der Waals surface area contributed by atoms with Crippen LogP contribution < -0.4 is 16.4 Å². The minimum Gasteiger partial charge on any atom is -0.267 e. The highest BCUT2D eigenvalue weighted by Crippen LogP contribution is 2.17. The second-order valence-electron chi connectivity index (χ2n) is 8.07. The third kappa shape index (κ3) is 5.09. The number of nitrogens with zero attached hydrogens (tertiary/aromatic N) is 4. The summed E-state index contributed by atoms with van der Waals surface area (Å²) in [6, 6.07) is 13.8. The van der Waals surface area contributed by atoms with Crippen molar-refractivity contribution < 1.29 is 9.59 Å². The van der Waals surface area contributed by atoms with Gasteiger partial charge in [0.15, 0.2) is 5.69 Å². The number of fused-ring (bicyclic) bond motifs is 1. The summed E-state index contributed by atoms with van der Waals surface area (Å²) in [5.74, 6) is -1.15. The number of hydrogen-bond donors (Lipinski definition) is 2. The Morgan fingerprint density at radius 2 is 1.66 bits per heavy atom. The van der Waals surface area contributed by atoms with Crippen LogP contribution in [0, 0.1) is 6.92 Å². The fraction of sp³-hybridized carbons (Fsp3) is 0.240. The molecule has 2 N–H and O–H groups in total. The van der Waals surface area contributed by atoms with E-state index in [1.54, 1.807) is 60.1 Å². The van der Waals surface area contributed by atoms with Crippen LogP contribution in [0.2, 0.25) is 5.02 Å². The van der Waals surface area contributed by atoms with Crippen LogP contribution in [0.25, 0.3) is 16.5 Å². The topological polar surface area (TPSA) is 111 Å². The first-order chi connectivity index (χ1) is 16.9. The summed E-state index contributed by atoms with van der Waals surface area (Å²) < 4.78 is 2.92. The highest BCUT2D eigenvalue weighted by Gasteiger charge is 2.19. The SMILES string of the molecule is CCCCCn1nc(C(=O)NNC(=O)c2cnn(-c3ccc(Cl)cc3)c2C)c2ccccc2c1=O. The van der Waals surface area contributed by atoms with Gasteiger partial charge in [-0.1, -0.05) is 49.6 Å². The van der Waals surface area contributed by atoms with Gasteiger partial charge in [0.2, 0.25) is 0 Å². The molecule has 0 aliphatic rings. The minimum absolute atomic E-state index is 0.0607. The van der Waals surface area contributed by atoms with Gasteiger partial charge >= 0.3 is 0 Å². The fourth-order valence-corrected chi connectivity index (χ4v) is 3.91. The van der Waals surface area contributed by atoms with E-state index in [9.17, 15) is 14.4 Å². The Kier molecular flexibility index (Phi) is 7.26. The van der Waals surface area contributed by atoms with E-state index in [1.165, 1.54) is 10.9 Å². The number of hydrazine groups is 1. The van der Waals surface area contributed by atoms with Crippen LogP contribution >= 0.6 is 11.6 Å². The average molecular weight is 493 g/mol. The molecule has 4 aromatic rings. The van der Waals surface area contributed by atoms with Crippen LogP contribution in [0.4, 0.5) is 0 Å². The Labute approximate surface area is 206 Å². The van der Waals surface area contributed by atoms with Crippen molar-refractivity contribution in [2.75, 3.05) is 0 Å². The number of carbonyl (C=O) groups is 2. The highest BCUT2D eigenvalue weighted by atomic mass is 35.5. The summed E-state index contributed by atoms with van der Waals surface area (Å²) in [6.45, 7) is 4.23. The van der Waals surface area contributed by atoms with Gasteiger partial charge in [-0.25, -0.2) is 9.36 Å². The Balaban J connectivity index is 1.54. The molecule has 0 atom stereocenters. The molecule has 0 saturated carbocycles. The Morgan fingerprint density at radius 3 is 2.37 bits per heavy atom. The molecular formula is C25H25ClN6O3. The molecule has 2 amide bonds. The molecule has 2 aromatic heterocycles. The van der Waals surface area contributed by atoms with E-state index >= 15 is 0 Å². The van der Waals surface area contributed by atoms with Crippen LogP contribution in [0.5, 0.6) is 0 Å². The van der Waals surface area contributed by atoms with Crippen LogP contribution in [0.15, 0.2) is 59.5 Å². The molecule has 0 unspecified atom stereocenters. The predicted octanol–water partition coefficient (Wildman–Crippen LogP) is 3.81. The van der Waals surface area contributed by atoms with Gasteiger partial charge in [-0.2, -0.15) is 10.2 Å². The molecule has 10 heteroatoms. The molecule has 0 radical (unpaired) electrons. The normalized spacial score (nSPS) is 10.9. The number of carbonyl (C=O) groups excluding carboxylic acids is 2. The van der Waals surface area contributed by atoms with Crippen molar-refractivity contribution in [2.24, 2.45) is 0 Å². The third-order valence-corrected chi connectivity index (χ3v) is 5.92. The Hall–Kier alpha value is -3.98. The van der Waals surface area contributed by atoms with Crippen molar-refractivity contribution in [1.29, 1.82) is 0 Å². The molecule has 0 bridgehead atoms. The summed E-state index contributed by atoms with van der Waals surface area (Å²) in [7, 11) is 0. The van der Waals surface area contributed by atoms with Gasteiger partial charge < -0.3 is 0 Å². The largest absolute Gasteiger partial charge is 0.290 e. The van der Waals surface area contributed by atoms with Crippen molar-refractivity contribution in [2.45, 2.75) is 39.7 Å². The molecule has 4 rings (SSSR count). The zero-order chi connectivity index (χ0) is 24.9. The molecule has 0 aliphatic carbocycles. The number of halogens is 1. The quantitative estimate of drug-likeness (QED) is 0.301. The maximum atomic E-state index is 13.0. The molecule has 35 heavy (non-hydrogen) atoms. The van der Waals surface area contributed by atoms with Crippen LogP contribution in [-0.4, -0.2) is 31.4 Å². The first kappa shape index (κ1) is 24.2. The van der Waals surface area contributed by atoms with Gasteiger partial charge in [0, 0.05) is 17.0 Å². The second kappa shape index (κ2) is 10.5. The van der Waals surface area contributed by atoms with E-state index < -0.39 is 11.8 Å². The first-order valence-electron chi connectivity index (χ1n) is 11.3. The molecule has 0 fully saturated rings. The van der Waals surface area contributed by atoms with Crippen molar-refractivity contribution >= 4 is 34.2 Å². The number of benzene rings is 2. The van der Waals surface area contributed by atoms with Gasteiger partial charge in [0.1, 0.15) is 0 Å². The molecule has 0 spiro atoms. The third-order valence-electron chi connectivity index (χ3n) is 5.67. The molecule has 2 heterocycles. The number of unbranched alkanes of at least 4 members (excludes halogenated alkanes) is 2. The summed E-state index contributed by atoms with van der Waals surface area (Å²) in [5.41, 5.74) is 6.28. The van der Waals surface area contributed by atoms with E-state index in [-0.39, 0.29) is 11.3 Å². The monoisotopic (exact) mass is 492 g/mol. The lowest BCUT2D eigenvalue weighted by Crippen LogP contribution is -2.43. The van der Waals surface area contributed by atoms with Gasteiger partial charge in [0.25, 0.3) is 17.4 Å². The zero-order valence-electron chi connectivity index (χ0n) is 19.4. The lowest BCUT2D eigenvalue weighted by atomic mass is 10.1. The van der Waals surface area contributed by atoms with Crippen molar-refractivity contribution in [3.05, 3.63) is 87.1 Å².